The average Bonchev–Trinajstić information content (AvgIpc) is 3.08. The van der Waals surface area contributed by atoms with Crippen molar-refractivity contribution < 1.29 is 0 Å². The zero-order chi connectivity index (χ0) is 13.9. The topological polar surface area (TPSA) is 72.5 Å². The van der Waals surface area contributed by atoms with Gasteiger partial charge >= 0.3 is 0 Å². The van der Waals surface area contributed by atoms with Gasteiger partial charge in [0.15, 0.2) is 5.65 Å². The molecule has 5 nitrogen and oxygen atoms in total. The smallest absolute Gasteiger partial charge is 0.186 e. The van der Waals surface area contributed by atoms with Crippen molar-refractivity contribution in [2.24, 2.45) is 0 Å². The van der Waals surface area contributed by atoms with Crippen LogP contribution in [0.3, 0.4) is 0 Å². The second-order valence-corrected chi connectivity index (χ2v) is 6.25. The summed E-state index contributed by atoms with van der Waals surface area (Å²) < 4.78 is 2.96. The van der Waals surface area contributed by atoms with Gasteiger partial charge in [0.1, 0.15) is 5.82 Å². The van der Waals surface area contributed by atoms with E-state index in [4.69, 9.17) is 10.8 Å². The molecule has 2 heterocycles. The van der Waals surface area contributed by atoms with Gasteiger partial charge in [-0.3, -0.25) is 5.10 Å². The molecule has 1 aliphatic carbocycles. The minimum atomic E-state index is 0.536. The molecule has 6 heteroatoms. The zero-order valence-electron chi connectivity index (χ0n) is 11.0. The molecule has 20 heavy (non-hydrogen) atoms. The summed E-state index contributed by atoms with van der Waals surface area (Å²) in [6.07, 6.45) is 2.38. The lowest BCUT2D eigenvalue weighted by molar-refractivity contribution is 0.835. The molecule has 0 saturated heterocycles. The van der Waals surface area contributed by atoms with E-state index in [2.05, 4.69) is 39.1 Å². The van der Waals surface area contributed by atoms with E-state index < -0.39 is 0 Å². The molecule has 0 radical (unpaired) electrons. The molecular formula is C14H14BrN5. The molecule has 0 spiro atoms. The third-order valence-electron chi connectivity index (χ3n) is 3.79. The lowest BCUT2D eigenvalue weighted by Gasteiger charge is -2.06. The van der Waals surface area contributed by atoms with Gasteiger partial charge in [-0.1, -0.05) is 15.9 Å². The van der Waals surface area contributed by atoms with Crippen LogP contribution in [0.4, 0.5) is 5.82 Å². The Hall–Kier alpha value is -1.82. The van der Waals surface area contributed by atoms with Gasteiger partial charge < -0.3 is 5.73 Å². The van der Waals surface area contributed by atoms with Gasteiger partial charge in [-0.15, -0.1) is 0 Å². The fraction of sp³-hybridized carbons (Fsp3) is 0.286. The highest BCUT2D eigenvalue weighted by molar-refractivity contribution is 9.10. The monoisotopic (exact) mass is 331 g/mol. The van der Waals surface area contributed by atoms with Gasteiger partial charge in [-0.25, -0.2) is 4.68 Å². The van der Waals surface area contributed by atoms with E-state index in [1.54, 1.807) is 0 Å². The highest BCUT2D eigenvalue weighted by Crippen LogP contribution is 2.44. The van der Waals surface area contributed by atoms with E-state index in [9.17, 15) is 0 Å². The average molecular weight is 332 g/mol. The summed E-state index contributed by atoms with van der Waals surface area (Å²) >= 11 is 3.49. The normalized spacial score (nSPS) is 15.1. The maximum Gasteiger partial charge on any atom is 0.186 e. The standard InChI is InChI=1S/C14H14BrN5/c1-7-6-9(15)4-5-10(7)20-14-11(13(16)17-18-14)12(19-20)8-2-3-8/h4-6,8H,2-3H2,1H3,(H3,16,17,18). The fourth-order valence-corrected chi connectivity index (χ4v) is 3.10. The van der Waals surface area contributed by atoms with Crippen molar-refractivity contribution >= 4 is 32.8 Å². The van der Waals surface area contributed by atoms with E-state index in [1.807, 2.05) is 16.8 Å². The Bertz CT molecular complexity index is 812. The van der Waals surface area contributed by atoms with Crippen molar-refractivity contribution in [2.75, 3.05) is 5.73 Å². The van der Waals surface area contributed by atoms with E-state index in [0.29, 0.717) is 11.7 Å². The maximum atomic E-state index is 6.02. The van der Waals surface area contributed by atoms with Crippen LogP contribution in [0.1, 0.15) is 30.0 Å². The summed E-state index contributed by atoms with van der Waals surface area (Å²) in [5.41, 5.74) is 10.1. The van der Waals surface area contributed by atoms with Gasteiger partial charge in [0.25, 0.3) is 0 Å². The highest BCUT2D eigenvalue weighted by atomic mass is 79.9. The summed E-state index contributed by atoms with van der Waals surface area (Å²) in [6, 6.07) is 6.14. The number of fused-ring (bicyclic) bond motifs is 1. The number of anilines is 1. The van der Waals surface area contributed by atoms with E-state index in [0.717, 1.165) is 32.5 Å². The number of nitrogens with two attached hydrogens (primary N) is 1. The van der Waals surface area contributed by atoms with Gasteiger partial charge in [-0.05, 0) is 43.5 Å². The van der Waals surface area contributed by atoms with Crippen LogP contribution < -0.4 is 5.73 Å². The molecule has 102 valence electrons. The molecule has 0 amide bonds. The van der Waals surface area contributed by atoms with Gasteiger partial charge in [0.05, 0.1) is 16.8 Å². The van der Waals surface area contributed by atoms with Crippen LogP contribution in [0, 0.1) is 6.92 Å². The number of hydrogen-bond donors (Lipinski definition) is 2. The Morgan fingerprint density at radius 3 is 2.90 bits per heavy atom. The van der Waals surface area contributed by atoms with E-state index >= 15 is 0 Å². The number of aromatic amines is 1. The van der Waals surface area contributed by atoms with Crippen molar-refractivity contribution in [3.05, 3.63) is 33.9 Å². The van der Waals surface area contributed by atoms with Crippen molar-refractivity contribution in [1.29, 1.82) is 0 Å². The Labute approximate surface area is 124 Å². The van der Waals surface area contributed by atoms with Crippen LogP contribution in [0.2, 0.25) is 0 Å². The molecule has 2 aromatic heterocycles. The second-order valence-electron chi connectivity index (χ2n) is 5.34. The quantitative estimate of drug-likeness (QED) is 0.756. The van der Waals surface area contributed by atoms with Crippen molar-refractivity contribution in [3.63, 3.8) is 0 Å². The molecule has 1 aliphatic rings. The van der Waals surface area contributed by atoms with Crippen LogP contribution in [0.5, 0.6) is 0 Å². The molecule has 0 unspecified atom stereocenters. The molecular weight excluding hydrogens is 318 g/mol. The number of rotatable bonds is 2. The largest absolute Gasteiger partial charge is 0.383 e. The van der Waals surface area contributed by atoms with Crippen molar-refractivity contribution in [3.8, 4) is 5.69 Å². The Morgan fingerprint density at radius 1 is 1.40 bits per heavy atom. The predicted molar refractivity (Wildman–Crippen MR) is 82.0 cm³/mol. The zero-order valence-corrected chi connectivity index (χ0v) is 12.6. The molecule has 0 atom stereocenters. The van der Waals surface area contributed by atoms with Crippen molar-refractivity contribution in [1.82, 2.24) is 20.0 Å². The predicted octanol–water partition coefficient (Wildman–Crippen LogP) is 3.28. The number of halogens is 1. The van der Waals surface area contributed by atoms with Crippen LogP contribution in [-0.2, 0) is 0 Å². The number of H-pyrrole nitrogens is 1. The summed E-state index contributed by atoms with van der Waals surface area (Å²) in [7, 11) is 0. The number of hydrogen-bond acceptors (Lipinski definition) is 3. The van der Waals surface area contributed by atoms with Gasteiger partial charge in [0, 0.05) is 10.4 Å². The molecule has 1 aromatic carbocycles. The summed E-state index contributed by atoms with van der Waals surface area (Å²) in [4.78, 5) is 0. The summed E-state index contributed by atoms with van der Waals surface area (Å²) in [5.74, 6) is 1.15. The third kappa shape index (κ3) is 1.67. The SMILES string of the molecule is Cc1cc(Br)ccc1-n1nc(C2CC2)c2c(N)[nH]nc21. The molecule has 1 fully saturated rings. The molecule has 4 rings (SSSR count). The highest BCUT2D eigenvalue weighted by Gasteiger charge is 2.31. The number of aromatic nitrogens is 4. The van der Waals surface area contributed by atoms with E-state index in [1.165, 1.54) is 12.8 Å². The lowest BCUT2D eigenvalue weighted by Crippen LogP contribution is -2.00. The number of benzene rings is 1. The molecule has 3 aromatic rings. The first kappa shape index (κ1) is 12.0. The first-order chi connectivity index (χ1) is 9.65. The van der Waals surface area contributed by atoms with Gasteiger partial charge in [0.2, 0.25) is 0 Å². The van der Waals surface area contributed by atoms with Crippen LogP contribution in [0.15, 0.2) is 22.7 Å². The molecule has 0 bridgehead atoms. The first-order valence-corrected chi connectivity index (χ1v) is 7.43. The lowest BCUT2D eigenvalue weighted by atomic mass is 10.2. The Kier molecular flexibility index (Phi) is 2.44. The van der Waals surface area contributed by atoms with Crippen LogP contribution >= 0.6 is 15.9 Å². The van der Waals surface area contributed by atoms with Crippen LogP contribution in [0.25, 0.3) is 16.7 Å². The number of nitrogens with one attached hydrogen (secondary N) is 1. The summed E-state index contributed by atoms with van der Waals surface area (Å²) in [5, 5.41) is 13.0. The maximum absolute atomic E-state index is 6.02. The Balaban J connectivity index is 2.00. The number of nitrogen functional groups attached to an aromatic ring is 1. The third-order valence-corrected chi connectivity index (χ3v) is 4.28. The second kappa shape index (κ2) is 4.09. The number of nitrogens with zero attached hydrogens (tertiary/aromatic N) is 3. The van der Waals surface area contributed by atoms with E-state index in [-0.39, 0.29) is 0 Å². The Morgan fingerprint density at radius 2 is 2.20 bits per heavy atom. The minimum absolute atomic E-state index is 0.536. The van der Waals surface area contributed by atoms with Gasteiger partial charge in [-0.2, -0.15) is 10.2 Å². The van der Waals surface area contributed by atoms with Crippen LogP contribution in [-0.4, -0.2) is 20.0 Å². The first-order valence-electron chi connectivity index (χ1n) is 6.64. The van der Waals surface area contributed by atoms with Crippen molar-refractivity contribution in [2.45, 2.75) is 25.7 Å². The molecule has 1 saturated carbocycles. The number of aryl methyl sites for hydroxylation is 1. The molecule has 3 N–H and O–H groups in total. The summed E-state index contributed by atoms with van der Waals surface area (Å²) in [6.45, 7) is 2.07. The fourth-order valence-electron chi connectivity index (χ4n) is 2.62. The molecule has 0 aliphatic heterocycles. The minimum Gasteiger partial charge on any atom is -0.383 e.